The Hall–Kier alpha value is 0.100. The molecule has 0 N–H and O–H groups in total. The first-order valence-electron chi connectivity index (χ1n) is 2.82. The minimum atomic E-state index is -1.05. The van der Waals surface area contributed by atoms with Gasteiger partial charge in [-0.2, -0.15) is 0 Å². The number of hydrogen-bond donors (Lipinski definition) is 0. The lowest BCUT2D eigenvalue weighted by Crippen LogP contribution is -2.20. The lowest BCUT2D eigenvalue weighted by Gasteiger charge is -2.27. The Labute approximate surface area is 51.4 Å². The number of rotatable bonds is 1. The fourth-order valence-corrected chi connectivity index (χ4v) is 1.38. The van der Waals surface area contributed by atoms with Gasteiger partial charge < -0.3 is 0 Å². The summed E-state index contributed by atoms with van der Waals surface area (Å²) in [4.78, 5) is 0. The van der Waals surface area contributed by atoms with Gasteiger partial charge in [-0.1, -0.05) is 21.7 Å². The summed E-state index contributed by atoms with van der Waals surface area (Å²) in [6.45, 7) is 2.05. The second kappa shape index (κ2) is 1.80. The molecule has 46 valence electrons. The van der Waals surface area contributed by atoms with Gasteiger partial charge in [-0.15, -0.1) is 0 Å². The fourth-order valence-electron chi connectivity index (χ4n) is 0.885. The Morgan fingerprint density at radius 3 is 2.62 bits per heavy atom. The molecule has 8 heavy (non-hydrogen) atoms. The highest BCUT2D eigenvalue weighted by molar-refractivity contribution is 7.19. The lowest BCUT2D eigenvalue weighted by molar-refractivity contribution is 0.318. The van der Waals surface area contributed by atoms with Gasteiger partial charge in [0.2, 0.25) is 0 Å². The van der Waals surface area contributed by atoms with Gasteiger partial charge in [0.25, 0.3) is 0 Å². The molecule has 1 aliphatic carbocycles. The third-order valence-electron chi connectivity index (χ3n) is 1.40. The predicted octanol–water partition coefficient (Wildman–Crippen LogP) is 2.27. The Morgan fingerprint density at radius 2 is 2.50 bits per heavy atom. The van der Waals surface area contributed by atoms with Crippen LogP contribution in [0.5, 0.6) is 0 Å². The number of alkyl halides is 1. The van der Waals surface area contributed by atoms with E-state index in [1.54, 1.807) is 6.08 Å². The molecule has 0 aromatic carbocycles. The van der Waals surface area contributed by atoms with E-state index in [4.69, 9.17) is 0 Å². The van der Waals surface area contributed by atoms with Gasteiger partial charge in [-0.25, -0.2) is 4.39 Å². The fraction of sp³-hybridized carbons (Fsp3) is 0.667. The molecule has 1 aliphatic rings. The summed E-state index contributed by atoms with van der Waals surface area (Å²) >= 11 is 0. The molecule has 0 aromatic heterocycles. The van der Waals surface area contributed by atoms with E-state index in [1.165, 1.54) is 5.57 Å². The second-order valence-electron chi connectivity index (χ2n) is 2.26. The molecule has 1 unspecified atom stereocenters. The highest BCUT2D eigenvalue weighted by Crippen LogP contribution is 2.40. The quantitative estimate of drug-likeness (QED) is 0.379. The van der Waals surface area contributed by atoms with Crippen molar-refractivity contribution < 1.29 is 4.39 Å². The first-order chi connectivity index (χ1) is 3.64. The van der Waals surface area contributed by atoms with Crippen LogP contribution in [0.2, 0.25) is 0 Å². The molecular formula is C6H10FP. The first-order valence-corrected chi connectivity index (χ1v) is 3.40. The molecule has 0 spiro atoms. The van der Waals surface area contributed by atoms with E-state index in [1.807, 2.05) is 6.92 Å². The van der Waals surface area contributed by atoms with Crippen molar-refractivity contribution in [2.24, 2.45) is 0 Å². The van der Waals surface area contributed by atoms with Crippen molar-refractivity contribution in [2.45, 2.75) is 25.2 Å². The van der Waals surface area contributed by atoms with E-state index in [2.05, 4.69) is 9.24 Å². The zero-order chi connectivity index (χ0) is 6.20. The molecule has 0 fully saturated rings. The highest BCUT2D eigenvalue weighted by atomic mass is 31.0. The van der Waals surface area contributed by atoms with Crippen LogP contribution in [0, 0.1) is 0 Å². The molecule has 1 rings (SSSR count). The maximum absolute atomic E-state index is 12.5. The van der Waals surface area contributed by atoms with Crippen LogP contribution in [0.15, 0.2) is 11.6 Å². The standard InChI is InChI=1S/C6H10FP/c1-2-5-3-6(7,8)4-5/h3H,2,4,8H2,1H3/t6-/m0/s1. The topological polar surface area (TPSA) is 0 Å². The monoisotopic (exact) mass is 132 g/mol. The lowest BCUT2D eigenvalue weighted by atomic mass is 9.94. The molecule has 2 heteroatoms. The largest absolute Gasteiger partial charge is 0.235 e. The van der Waals surface area contributed by atoms with Crippen molar-refractivity contribution >= 4 is 9.24 Å². The van der Waals surface area contributed by atoms with E-state index < -0.39 is 5.41 Å². The second-order valence-corrected chi connectivity index (χ2v) is 3.22. The van der Waals surface area contributed by atoms with Crippen LogP contribution in [0.3, 0.4) is 0 Å². The van der Waals surface area contributed by atoms with Crippen LogP contribution < -0.4 is 0 Å². The molecule has 0 bridgehead atoms. The molecule has 0 heterocycles. The van der Waals surface area contributed by atoms with Crippen LogP contribution in [-0.4, -0.2) is 5.41 Å². The molecule has 0 aromatic rings. The average molecular weight is 132 g/mol. The van der Waals surface area contributed by atoms with Crippen LogP contribution in [-0.2, 0) is 0 Å². The van der Waals surface area contributed by atoms with E-state index in [0.29, 0.717) is 6.42 Å². The minimum Gasteiger partial charge on any atom is -0.235 e. The van der Waals surface area contributed by atoms with Crippen molar-refractivity contribution in [3.05, 3.63) is 11.6 Å². The number of hydrogen-bond acceptors (Lipinski definition) is 0. The van der Waals surface area contributed by atoms with E-state index in [0.717, 1.165) is 6.42 Å². The molecule has 0 aliphatic heterocycles. The summed E-state index contributed by atoms with van der Waals surface area (Å²) in [6, 6.07) is 0. The molecule has 2 atom stereocenters. The normalized spacial score (nSPS) is 36.1. The first kappa shape index (κ1) is 6.22. The van der Waals surface area contributed by atoms with Crippen molar-refractivity contribution in [3.8, 4) is 0 Å². The molecule has 0 amide bonds. The molecule has 0 saturated heterocycles. The highest BCUT2D eigenvalue weighted by Gasteiger charge is 2.29. The van der Waals surface area contributed by atoms with Gasteiger partial charge >= 0.3 is 0 Å². The SMILES string of the molecule is CCC1=C[C@](F)(P)C1. The van der Waals surface area contributed by atoms with Crippen molar-refractivity contribution in [1.29, 1.82) is 0 Å². The van der Waals surface area contributed by atoms with Gasteiger partial charge in [-0.05, 0) is 12.5 Å². The molecule has 0 saturated carbocycles. The Morgan fingerprint density at radius 1 is 2.00 bits per heavy atom. The van der Waals surface area contributed by atoms with Crippen LogP contribution in [0.1, 0.15) is 19.8 Å². The molecule has 0 nitrogen and oxygen atoms in total. The number of allylic oxidation sites excluding steroid dienone is 2. The van der Waals surface area contributed by atoms with Crippen LogP contribution >= 0.6 is 9.24 Å². The van der Waals surface area contributed by atoms with Gasteiger partial charge in [0.1, 0.15) is 5.41 Å². The van der Waals surface area contributed by atoms with Gasteiger partial charge in [0.05, 0.1) is 0 Å². The summed E-state index contributed by atoms with van der Waals surface area (Å²) in [7, 11) is 2.19. The third kappa shape index (κ3) is 1.08. The zero-order valence-corrected chi connectivity index (χ0v) is 6.10. The predicted molar refractivity (Wildman–Crippen MR) is 36.5 cm³/mol. The Kier molecular flexibility index (Phi) is 1.40. The van der Waals surface area contributed by atoms with Gasteiger partial charge in [0, 0.05) is 6.42 Å². The van der Waals surface area contributed by atoms with Crippen molar-refractivity contribution in [2.75, 3.05) is 0 Å². The van der Waals surface area contributed by atoms with Gasteiger partial charge in [-0.3, -0.25) is 0 Å². The molecular weight excluding hydrogens is 122 g/mol. The average Bonchev–Trinajstić information content (AvgIpc) is 1.60. The molecule has 0 radical (unpaired) electrons. The Balaban J connectivity index is 2.49. The summed E-state index contributed by atoms with van der Waals surface area (Å²) in [5, 5.41) is -1.05. The van der Waals surface area contributed by atoms with E-state index >= 15 is 0 Å². The zero-order valence-electron chi connectivity index (χ0n) is 4.95. The summed E-state index contributed by atoms with van der Waals surface area (Å²) in [5.41, 5.74) is 1.24. The number of halogens is 1. The summed E-state index contributed by atoms with van der Waals surface area (Å²) < 4.78 is 12.5. The van der Waals surface area contributed by atoms with E-state index in [-0.39, 0.29) is 0 Å². The van der Waals surface area contributed by atoms with Crippen LogP contribution in [0.25, 0.3) is 0 Å². The van der Waals surface area contributed by atoms with E-state index in [9.17, 15) is 4.39 Å². The maximum Gasteiger partial charge on any atom is 0.145 e. The van der Waals surface area contributed by atoms with Crippen molar-refractivity contribution in [1.82, 2.24) is 0 Å². The van der Waals surface area contributed by atoms with Crippen LogP contribution in [0.4, 0.5) is 4.39 Å². The van der Waals surface area contributed by atoms with Gasteiger partial charge in [0.15, 0.2) is 0 Å². The summed E-state index contributed by atoms with van der Waals surface area (Å²) in [5.74, 6) is 0. The third-order valence-corrected chi connectivity index (χ3v) is 1.77. The smallest absolute Gasteiger partial charge is 0.145 e. The summed E-state index contributed by atoms with van der Waals surface area (Å²) in [6.07, 6.45) is 3.30. The Bertz CT molecular complexity index is 126. The maximum atomic E-state index is 12.5. The van der Waals surface area contributed by atoms with Crippen molar-refractivity contribution in [3.63, 3.8) is 0 Å². The minimum absolute atomic E-state index is 0.619.